The van der Waals surface area contributed by atoms with Crippen molar-refractivity contribution >= 4 is 21.6 Å². The number of sulfone groups is 1. The average molecular weight is 419 g/mol. The van der Waals surface area contributed by atoms with Crippen LogP contribution in [-0.2, 0) is 14.6 Å². The van der Waals surface area contributed by atoms with Crippen LogP contribution >= 0.6 is 0 Å². The number of benzene rings is 1. The number of carbonyl (C=O) groups excluding carboxylic acids is 1. The molecule has 29 heavy (non-hydrogen) atoms. The van der Waals surface area contributed by atoms with Crippen LogP contribution in [0.2, 0.25) is 0 Å². The molecule has 2 aromatic rings. The lowest BCUT2D eigenvalue weighted by Gasteiger charge is -2.33. The molecule has 2 heterocycles. The molecule has 8 nitrogen and oxygen atoms in total. The van der Waals surface area contributed by atoms with E-state index in [1.165, 1.54) is 0 Å². The van der Waals surface area contributed by atoms with E-state index in [-0.39, 0.29) is 29.1 Å². The molecule has 0 radical (unpaired) electrons. The smallest absolute Gasteiger partial charge is 0.257 e. The van der Waals surface area contributed by atoms with Gasteiger partial charge < -0.3 is 14.5 Å². The summed E-state index contributed by atoms with van der Waals surface area (Å²) in [5.41, 5.74) is 0. The highest BCUT2D eigenvalue weighted by Gasteiger charge is 2.27. The van der Waals surface area contributed by atoms with Crippen LogP contribution in [0.5, 0.6) is 5.88 Å². The van der Waals surface area contributed by atoms with E-state index in [0.29, 0.717) is 24.8 Å². The predicted octanol–water partition coefficient (Wildman–Crippen LogP) is 1.78. The predicted molar refractivity (Wildman–Crippen MR) is 110 cm³/mol. The average Bonchev–Trinajstić information content (AvgIpc) is 2.73. The number of carbonyl (C=O) groups is 1. The SMILES string of the molecule is CN(C)c1nccnc1OC1CCCN(C(=O)CCS(=O)(=O)c2ccccc2)C1. The molecule has 1 aromatic carbocycles. The molecule has 156 valence electrons. The first kappa shape index (κ1) is 21.0. The van der Waals surface area contributed by atoms with Crippen LogP contribution in [0.3, 0.4) is 0 Å². The summed E-state index contributed by atoms with van der Waals surface area (Å²) in [6, 6.07) is 8.21. The zero-order chi connectivity index (χ0) is 20.9. The van der Waals surface area contributed by atoms with Gasteiger partial charge in [-0.05, 0) is 25.0 Å². The molecule has 0 bridgehead atoms. The van der Waals surface area contributed by atoms with Gasteiger partial charge in [-0.15, -0.1) is 0 Å². The van der Waals surface area contributed by atoms with E-state index in [0.717, 1.165) is 12.8 Å². The molecule has 9 heteroatoms. The molecule has 1 atom stereocenters. The van der Waals surface area contributed by atoms with Gasteiger partial charge in [-0.3, -0.25) is 4.79 Å². The summed E-state index contributed by atoms with van der Waals surface area (Å²) in [7, 11) is 0.250. The van der Waals surface area contributed by atoms with Crippen molar-refractivity contribution in [3.63, 3.8) is 0 Å². The molecule has 0 N–H and O–H groups in total. The van der Waals surface area contributed by atoms with Gasteiger partial charge in [0.1, 0.15) is 6.10 Å². The molecule has 1 amide bonds. The number of ether oxygens (including phenoxy) is 1. The van der Waals surface area contributed by atoms with E-state index in [1.807, 2.05) is 19.0 Å². The maximum absolute atomic E-state index is 12.6. The van der Waals surface area contributed by atoms with Crippen molar-refractivity contribution in [2.24, 2.45) is 0 Å². The Bertz CT molecular complexity index is 935. The molecule has 1 aromatic heterocycles. The fraction of sp³-hybridized carbons (Fsp3) is 0.450. The summed E-state index contributed by atoms with van der Waals surface area (Å²) in [4.78, 5) is 24.9. The summed E-state index contributed by atoms with van der Waals surface area (Å²) in [6.07, 6.45) is 4.52. The van der Waals surface area contributed by atoms with Gasteiger partial charge in [-0.25, -0.2) is 18.4 Å². The lowest BCUT2D eigenvalue weighted by molar-refractivity contribution is -0.133. The van der Waals surface area contributed by atoms with Crippen molar-refractivity contribution < 1.29 is 17.9 Å². The van der Waals surface area contributed by atoms with E-state index >= 15 is 0 Å². The fourth-order valence-corrected chi connectivity index (χ4v) is 4.50. The standard InChI is InChI=1S/C20H26N4O4S/c1-23(2)19-20(22-12-11-21-19)28-16-7-6-13-24(15-16)18(25)10-14-29(26,27)17-8-4-3-5-9-17/h3-5,8-9,11-12,16H,6-7,10,13-15H2,1-2H3. The third-order valence-corrected chi connectivity index (χ3v) is 6.50. The Hall–Kier alpha value is -2.68. The van der Waals surface area contributed by atoms with Crippen molar-refractivity contribution in [1.82, 2.24) is 14.9 Å². The van der Waals surface area contributed by atoms with Gasteiger partial charge in [0, 0.05) is 39.5 Å². The number of likely N-dealkylation sites (tertiary alicyclic amines) is 1. The Labute approximate surface area is 171 Å². The van der Waals surface area contributed by atoms with Crippen LogP contribution in [-0.4, -0.2) is 68.2 Å². The summed E-state index contributed by atoms with van der Waals surface area (Å²) >= 11 is 0. The second kappa shape index (κ2) is 9.21. The van der Waals surface area contributed by atoms with E-state index in [1.54, 1.807) is 47.6 Å². The second-order valence-electron chi connectivity index (χ2n) is 7.18. The molecule has 0 spiro atoms. The van der Waals surface area contributed by atoms with Gasteiger partial charge in [-0.1, -0.05) is 18.2 Å². The maximum Gasteiger partial charge on any atom is 0.257 e. The van der Waals surface area contributed by atoms with Crippen LogP contribution < -0.4 is 9.64 Å². The highest BCUT2D eigenvalue weighted by atomic mass is 32.2. The van der Waals surface area contributed by atoms with Gasteiger partial charge in [0.2, 0.25) is 5.91 Å². The Morgan fingerprint density at radius 2 is 1.93 bits per heavy atom. The normalized spacial score (nSPS) is 17.0. The Kier molecular flexibility index (Phi) is 6.68. The van der Waals surface area contributed by atoms with Gasteiger partial charge in [-0.2, -0.15) is 0 Å². The number of nitrogens with zero attached hydrogens (tertiary/aromatic N) is 4. The van der Waals surface area contributed by atoms with Crippen LogP contribution in [0.4, 0.5) is 5.82 Å². The van der Waals surface area contributed by atoms with E-state index in [9.17, 15) is 13.2 Å². The van der Waals surface area contributed by atoms with E-state index in [2.05, 4.69) is 9.97 Å². The van der Waals surface area contributed by atoms with E-state index in [4.69, 9.17) is 4.74 Å². The van der Waals surface area contributed by atoms with Gasteiger partial charge >= 0.3 is 0 Å². The number of amides is 1. The van der Waals surface area contributed by atoms with Gasteiger partial charge in [0.05, 0.1) is 17.2 Å². The summed E-state index contributed by atoms with van der Waals surface area (Å²) in [5.74, 6) is 0.686. The zero-order valence-electron chi connectivity index (χ0n) is 16.7. The molecule has 0 aliphatic carbocycles. The molecule has 0 saturated carbocycles. The van der Waals surface area contributed by atoms with Crippen LogP contribution in [0.15, 0.2) is 47.6 Å². The highest BCUT2D eigenvalue weighted by Crippen LogP contribution is 2.24. The quantitative estimate of drug-likeness (QED) is 0.677. The minimum atomic E-state index is -3.47. The van der Waals surface area contributed by atoms with Crippen molar-refractivity contribution in [3.8, 4) is 5.88 Å². The van der Waals surface area contributed by atoms with Crippen molar-refractivity contribution in [2.45, 2.75) is 30.3 Å². The third-order valence-electron chi connectivity index (χ3n) is 4.77. The van der Waals surface area contributed by atoms with Gasteiger partial charge in [0.15, 0.2) is 15.7 Å². The molecular formula is C20H26N4O4S. The molecule has 1 aliphatic heterocycles. The maximum atomic E-state index is 12.6. The Morgan fingerprint density at radius 3 is 2.66 bits per heavy atom. The fourth-order valence-electron chi connectivity index (χ4n) is 3.25. The number of aromatic nitrogens is 2. The number of anilines is 1. The van der Waals surface area contributed by atoms with E-state index < -0.39 is 9.84 Å². The molecule has 3 rings (SSSR count). The number of hydrogen-bond acceptors (Lipinski definition) is 7. The topological polar surface area (TPSA) is 92.7 Å². The highest BCUT2D eigenvalue weighted by molar-refractivity contribution is 7.91. The molecule has 1 aliphatic rings. The minimum absolute atomic E-state index is 0.0436. The van der Waals surface area contributed by atoms with Crippen LogP contribution in [0.25, 0.3) is 0 Å². The lowest BCUT2D eigenvalue weighted by atomic mass is 10.1. The number of piperidine rings is 1. The molecule has 1 unspecified atom stereocenters. The zero-order valence-corrected chi connectivity index (χ0v) is 17.5. The lowest BCUT2D eigenvalue weighted by Crippen LogP contribution is -2.45. The molecular weight excluding hydrogens is 392 g/mol. The first-order valence-corrected chi connectivity index (χ1v) is 11.2. The Balaban J connectivity index is 1.59. The molecule has 1 saturated heterocycles. The van der Waals surface area contributed by atoms with Crippen LogP contribution in [0, 0.1) is 0 Å². The number of rotatable bonds is 7. The summed E-state index contributed by atoms with van der Waals surface area (Å²) in [5, 5.41) is 0. The Morgan fingerprint density at radius 1 is 1.21 bits per heavy atom. The first-order valence-electron chi connectivity index (χ1n) is 9.57. The van der Waals surface area contributed by atoms with Crippen molar-refractivity contribution in [2.75, 3.05) is 37.8 Å². The largest absolute Gasteiger partial charge is 0.470 e. The van der Waals surface area contributed by atoms with Crippen LogP contribution in [0.1, 0.15) is 19.3 Å². The second-order valence-corrected chi connectivity index (χ2v) is 9.29. The third kappa shape index (κ3) is 5.44. The van der Waals surface area contributed by atoms with Gasteiger partial charge in [0.25, 0.3) is 5.88 Å². The summed E-state index contributed by atoms with van der Waals surface area (Å²) in [6.45, 7) is 1.01. The number of hydrogen-bond donors (Lipinski definition) is 0. The monoisotopic (exact) mass is 418 g/mol. The van der Waals surface area contributed by atoms with Crippen molar-refractivity contribution in [1.29, 1.82) is 0 Å². The molecule has 1 fully saturated rings. The first-order chi connectivity index (χ1) is 13.9. The minimum Gasteiger partial charge on any atom is -0.470 e. The summed E-state index contributed by atoms with van der Waals surface area (Å²) < 4.78 is 30.8. The van der Waals surface area contributed by atoms with Crippen molar-refractivity contribution in [3.05, 3.63) is 42.7 Å².